The molecule has 0 aliphatic heterocycles. The molecule has 0 aromatic heterocycles. The summed E-state index contributed by atoms with van der Waals surface area (Å²) in [4.78, 5) is 24.2. The van der Waals surface area contributed by atoms with E-state index in [1.165, 1.54) is 103 Å². The maximum absolute atomic E-state index is 12.3. The molecule has 0 fully saturated rings. The number of aliphatic hydroxyl groups excluding tert-OH is 2. The Bertz CT molecular complexity index is 767. The van der Waals surface area contributed by atoms with Crippen LogP contribution in [-0.2, 0) is 14.3 Å². The minimum atomic E-state index is -0.859. The molecule has 288 valence electrons. The molecule has 0 aromatic carbocycles. The summed E-state index contributed by atoms with van der Waals surface area (Å²) in [6, 6.07) is -0.645. The van der Waals surface area contributed by atoms with Gasteiger partial charge in [0.1, 0.15) is 0 Å². The molecule has 0 rings (SSSR count). The van der Waals surface area contributed by atoms with Crippen LogP contribution < -0.4 is 5.32 Å². The highest BCUT2D eigenvalue weighted by atomic mass is 16.5. The van der Waals surface area contributed by atoms with E-state index in [1.807, 2.05) is 6.08 Å². The molecule has 0 saturated carbocycles. The molecular formula is C43H81NO5. The van der Waals surface area contributed by atoms with Gasteiger partial charge >= 0.3 is 5.97 Å². The predicted octanol–water partition coefficient (Wildman–Crippen LogP) is 11.6. The molecule has 3 N–H and O–H groups in total. The fourth-order valence-corrected chi connectivity index (χ4v) is 6.15. The summed E-state index contributed by atoms with van der Waals surface area (Å²) in [6.07, 6.45) is 43.0. The Kier molecular flexibility index (Phi) is 37.8. The lowest BCUT2D eigenvalue weighted by atomic mass is 10.1. The summed E-state index contributed by atoms with van der Waals surface area (Å²) in [6.45, 7) is 4.78. The zero-order valence-electron chi connectivity index (χ0n) is 32.4. The van der Waals surface area contributed by atoms with Crippen LogP contribution in [-0.4, -0.2) is 47.4 Å². The van der Waals surface area contributed by atoms with E-state index in [1.54, 1.807) is 6.08 Å². The molecule has 0 saturated heterocycles. The van der Waals surface area contributed by atoms with Gasteiger partial charge in [0.2, 0.25) is 5.91 Å². The zero-order chi connectivity index (χ0) is 35.9. The summed E-state index contributed by atoms with van der Waals surface area (Å²) < 4.78 is 5.40. The number of unbranched alkanes of at least 4 members (excludes halogenated alkanes) is 25. The van der Waals surface area contributed by atoms with E-state index < -0.39 is 12.1 Å². The van der Waals surface area contributed by atoms with Gasteiger partial charge in [0, 0.05) is 12.8 Å². The van der Waals surface area contributed by atoms with Gasteiger partial charge < -0.3 is 20.3 Å². The van der Waals surface area contributed by atoms with Crippen LogP contribution in [0.4, 0.5) is 0 Å². The average molecular weight is 692 g/mol. The molecule has 0 bridgehead atoms. The molecule has 0 aliphatic rings. The molecule has 6 nitrogen and oxygen atoms in total. The van der Waals surface area contributed by atoms with Crippen LogP contribution in [0.3, 0.4) is 0 Å². The van der Waals surface area contributed by atoms with Gasteiger partial charge in [0.25, 0.3) is 0 Å². The molecule has 2 atom stereocenters. The summed E-state index contributed by atoms with van der Waals surface area (Å²) in [5, 5.41) is 22.8. The number of allylic oxidation sites excluding steroid dienone is 3. The predicted molar refractivity (Wildman–Crippen MR) is 209 cm³/mol. The van der Waals surface area contributed by atoms with Gasteiger partial charge in [-0.25, -0.2) is 0 Å². The number of rotatable bonds is 38. The molecule has 0 aliphatic carbocycles. The summed E-state index contributed by atoms with van der Waals surface area (Å²) in [7, 11) is 0. The van der Waals surface area contributed by atoms with Crippen molar-refractivity contribution in [3.63, 3.8) is 0 Å². The monoisotopic (exact) mass is 692 g/mol. The van der Waals surface area contributed by atoms with Crippen molar-refractivity contribution in [3.05, 3.63) is 24.3 Å². The lowest BCUT2D eigenvalue weighted by molar-refractivity contribution is -0.143. The quantitative estimate of drug-likeness (QED) is 0.0340. The Hall–Kier alpha value is -1.66. The van der Waals surface area contributed by atoms with Crippen molar-refractivity contribution in [2.45, 2.75) is 225 Å². The summed E-state index contributed by atoms with van der Waals surface area (Å²) >= 11 is 0. The van der Waals surface area contributed by atoms with Gasteiger partial charge in [-0.05, 0) is 57.8 Å². The average Bonchev–Trinajstić information content (AvgIpc) is 3.10. The van der Waals surface area contributed by atoms with Crippen molar-refractivity contribution in [1.29, 1.82) is 0 Å². The SMILES string of the molecule is CCCCCCCCCC/C=C/C(O)C(CO)NC(=O)CCCCCCC/C=C\CCCCOC(=O)CCCCCCCCCCCCC. The third-order valence-electron chi connectivity index (χ3n) is 9.47. The van der Waals surface area contributed by atoms with Gasteiger partial charge in [0.05, 0.1) is 25.4 Å². The van der Waals surface area contributed by atoms with Crippen molar-refractivity contribution in [2.75, 3.05) is 13.2 Å². The maximum Gasteiger partial charge on any atom is 0.305 e. The molecule has 0 heterocycles. The van der Waals surface area contributed by atoms with Crippen molar-refractivity contribution >= 4 is 11.9 Å². The lowest BCUT2D eigenvalue weighted by Gasteiger charge is -2.20. The lowest BCUT2D eigenvalue weighted by Crippen LogP contribution is -2.45. The Morgan fingerprint density at radius 1 is 0.551 bits per heavy atom. The van der Waals surface area contributed by atoms with Gasteiger partial charge in [-0.15, -0.1) is 0 Å². The number of ether oxygens (including phenoxy) is 1. The third kappa shape index (κ3) is 36.0. The number of aliphatic hydroxyl groups is 2. The number of hydrogen-bond acceptors (Lipinski definition) is 5. The van der Waals surface area contributed by atoms with Crippen molar-refractivity contribution < 1.29 is 24.5 Å². The smallest absolute Gasteiger partial charge is 0.305 e. The summed E-state index contributed by atoms with van der Waals surface area (Å²) in [5.41, 5.74) is 0. The Morgan fingerprint density at radius 3 is 1.45 bits per heavy atom. The number of carbonyl (C=O) groups excluding carboxylic acids is 2. The fourth-order valence-electron chi connectivity index (χ4n) is 6.15. The van der Waals surface area contributed by atoms with Crippen molar-refractivity contribution in [2.24, 2.45) is 0 Å². The molecule has 0 aromatic rings. The number of carbonyl (C=O) groups is 2. The second-order valence-corrected chi connectivity index (χ2v) is 14.3. The van der Waals surface area contributed by atoms with Gasteiger partial charge in [0.15, 0.2) is 0 Å². The van der Waals surface area contributed by atoms with Crippen LogP contribution in [0.25, 0.3) is 0 Å². The van der Waals surface area contributed by atoms with Crippen LogP contribution in [0.15, 0.2) is 24.3 Å². The van der Waals surface area contributed by atoms with Crippen molar-refractivity contribution in [3.8, 4) is 0 Å². The second kappa shape index (κ2) is 39.1. The Labute approximate surface area is 303 Å². The highest BCUT2D eigenvalue weighted by molar-refractivity contribution is 5.76. The summed E-state index contributed by atoms with van der Waals surface area (Å²) in [5.74, 6) is -0.135. The van der Waals surface area contributed by atoms with Crippen LogP contribution in [0.5, 0.6) is 0 Å². The fraction of sp³-hybridized carbons (Fsp3) is 0.860. The molecular weight excluding hydrogens is 610 g/mol. The van der Waals surface area contributed by atoms with E-state index in [2.05, 4.69) is 31.3 Å². The van der Waals surface area contributed by atoms with E-state index in [-0.39, 0.29) is 18.5 Å². The van der Waals surface area contributed by atoms with E-state index in [4.69, 9.17) is 4.74 Å². The van der Waals surface area contributed by atoms with E-state index >= 15 is 0 Å². The van der Waals surface area contributed by atoms with Gasteiger partial charge in [-0.3, -0.25) is 9.59 Å². The molecule has 49 heavy (non-hydrogen) atoms. The van der Waals surface area contributed by atoms with Crippen molar-refractivity contribution in [1.82, 2.24) is 5.32 Å². The van der Waals surface area contributed by atoms with Crippen LogP contribution in [0.1, 0.15) is 213 Å². The van der Waals surface area contributed by atoms with Gasteiger partial charge in [-0.1, -0.05) is 167 Å². The minimum Gasteiger partial charge on any atom is -0.466 e. The van der Waals surface area contributed by atoms with Crippen LogP contribution in [0.2, 0.25) is 0 Å². The highest BCUT2D eigenvalue weighted by Gasteiger charge is 2.17. The topological polar surface area (TPSA) is 95.9 Å². The molecule has 1 amide bonds. The number of amides is 1. The first-order chi connectivity index (χ1) is 24.0. The maximum atomic E-state index is 12.3. The second-order valence-electron chi connectivity index (χ2n) is 14.3. The largest absolute Gasteiger partial charge is 0.466 e. The Balaban J connectivity index is 3.57. The van der Waals surface area contributed by atoms with Crippen LogP contribution >= 0.6 is 0 Å². The first kappa shape index (κ1) is 47.3. The first-order valence-corrected chi connectivity index (χ1v) is 21.1. The number of hydrogen-bond donors (Lipinski definition) is 3. The third-order valence-corrected chi connectivity index (χ3v) is 9.47. The van der Waals surface area contributed by atoms with Crippen LogP contribution in [0, 0.1) is 0 Å². The van der Waals surface area contributed by atoms with E-state index in [9.17, 15) is 19.8 Å². The highest BCUT2D eigenvalue weighted by Crippen LogP contribution is 2.13. The van der Waals surface area contributed by atoms with E-state index in [0.29, 0.717) is 19.4 Å². The molecule has 6 heteroatoms. The van der Waals surface area contributed by atoms with Gasteiger partial charge in [-0.2, -0.15) is 0 Å². The standard InChI is InChI=1S/C43H81NO5/c1-3-5-7-9-11-13-16-21-25-29-33-37-43(48)49-38-34-30-26-22-18-15-17-20-24-28-32-36-42(47)44-40(39-45)41(46)35-31-27-23-19-14-12-10-8-6-4-2/h18,22,31,35,40-41,45-46H,3-17,19-21,23-30,32-34,36-39H2,1-2H3,(H,44,47)/b22-18-,35-31+. The number of nitrogens with one attached hydrogen (secondary N) is 1. The molecule has 2 unspecified atom stereocenters. The minimum absolute atomic E-state index is 0.0347. The molecule has 0 radical (unpaired) electrons. The normalized spacial score (nSPS) is 13.0. The molecule has 0 spiro atoms. The zero-order valence-corrected chi connectivity index (χ0v) is 32.4. The van der Waals surface area contributed by atoms with E-state index in [0.717, 1.165) is 83.5 Å². The Morgan fingerprint density at radius 2 is 0.959 bits per heavy atom. The number of esters is 1. The first-order valence-electron chi connectivity index (χ1n) is 21.1.